The molecule has 3 nitrogen and oxygen atoms in total. The average Bonchev–Trinajstić information content (AvgIpc) is 2.42. The summed E-state index contributed by atoms with van der Waals surface area (Å²) in [5.41, 5.74) is 1.59. The number of allylic oxidation sites excluding steroid dienone is 1. The van der Waals surface area contributed by atoms with Crippen molar-refractivity contribution in [3.63, 3.8) is 0 Å². The van der Waals surface area contributed by atoms with Crippen molar-refractivity contribution >= 4 is 6.29 Å². The van der Waals surface area contributed by atoms with E-state index in [1.165, 1.54) is 0 Å². The summed E-state index contributed by atoms with van der Waals surface area (Å²) in [5.74, 6) is 0.678. The lowest BCUT2D eigenvalue weighted by molar-refractivity contribution is 0.0467. The molecule has 0 amide bonds. The van der Waals surface area contributed by atoms with E-state index in [0.29, 0.717) is 17.7 Å². The molecule has 0 radical (unpaired) electrons. The van der Waals surface area contributed by atoms with Crippen LogP contribution in [0.2, 0.25) is 0 Å². The topological polar surface area (TPSA) is 29.5 Å². The van der Waals surface area contributed by atoms with Crippen molar-refractivity contribution in [3.05, 3.63) is 42.0 Å². The third-order valence-corrected chi connectivity index (χ3v) is 3.23. The zero-order valence-corrected chi connectivity index (χ0v) is 12.1. The first-order valence-corrected chi connectivity index (χ1v) is 6.76. The van der Waals surface area contributed by atoms with Gasteiger partial charge in [0.2, 0.25) is 0 Å². The normalized spacial score (nSPS) is 12.2. The van der Waals surface area contributed by atoms with Crippen molar-refractivity contribution in [2.75, 3.05) is 13.1 Å². The highest BCUT2D eigenvalue weighted by Gasteiger charge is 2.16. The number of hydrogen-bond donors (Lipinski definition) is 0. The van der Waals surface area contributed by atoms with Crippen molar-refractivity contribution in [2.45, 2.75) is 33.4 Å². The number of hydrogen-bond acceptors (Lipinski definition) is 3. The number of carbonyl (C=O) groups excluding carboxylic acids is 1. The molecule has 104 valence electrons. The minimum atomic E-state index is -0.0559. The van der Waals surface area contributed by atoms with E-state index in [0.717, 1.165) is 24.9 Å². The minimum absolute atomic E-state index is 0.0559. The highest BCUT2D eigenvalue weighted by Crippen LogP contribution is 2.25. The molecule has 1 aromatic carbocycles. The fraction of sp³-hybridized carbons (Fsp3) is 0.438. The highest BCUT2D eigenvalue weighted by atomic mass is 16.5. The van der Waals surface area contributed by atoms with Gasteiger partial charge in [-0.15, -0.1) is 6.58 Å². The van der Waals surface area contributed by atoms with Gasteiger partial charge in [0.05, 0.1) is 5.56 Å². The van der Waals surface area contributed by atoms with Crippen LogP contribution in [0.25, 0.3) is 0 Å². The Morgan fingerprint density at radius 3 is 2.58 bits per heavy atom. The van der Waals surface area contributed by atoms with Crippen LogP contribution in [0.1, 0.15) is 36.7 Å². The number of ether oxygens (including phenoxy) is 1. The second-order valence-electron chi connectivity index (χ2n) is 4.38. The van der Waals surface area contributed by atoms with Gasteiger partial charge in [-0.3, -0.25) is 9.69 Å². The van der Waals surface area contributed by atoms with Crippen LogP contribution in [0.3, 0.4) is 0 Å². The third-order valence-electron chi connectivity index (χ3n) is 3.23. The smallest absolute Gasteiger partial charge is 0.153 e. The van der Waals surface area contributed by atoms with E-state index < -0.39 is 0 Å². The molecule has 19 heavy (non-hydrogen) atoms. The Labute approximate surface area is 115 Å². The molecule has 0 spiro atoms. The lowest BCUT2D eigenvalue weighted by Crippen LogP contribution is -2.37. The minimum Gasteiger partial charge on any atom is -0.474 e. The molecular formula is C16H23NO2. The van der Waals surface area contributed by atoms with Crippen molar-refractivity contribution < 1.29 is 9.53 Å². The molecule has 0 aliphatic carbocycles. The summed E-state index contributed by atoms with van der Waals surface area (Å²) in [7, 11) is 0. The van der Waals surface area contributed by atoms with E-state index in [1.807, 2.05) is 25.1 Å². The molecule has 1 rings (SSSR count). The van der Waals surface area contributed by atoms with Crippen LogP contribution < -0.4 is 4.74 Å². The molecule has 0 fully saturated rings. The van der Waals surface area contributed by atoms with Gasteiger partial charge in [0.15, 0.2) is 6.29 Å². The summed E-state index contributed by atoms with van der Waals surface area (Å²) in [6.45, 7) is 11.8. The Kier molecular flexibility index (Phi) is 6.30. The molecule has 0 aromatic heterocycles. The van der Waals surface area contributed by atoms with Gasteiger partial charge in [-0.25, -0.2) is 0 Å². The molecule has 0 bridgehead atoms. The van der Waals surface area contributed by atoms with Gasteiger partial charge in [-0.1, -0.05) is 32.1 Å². The largest absolute Gasteiger partial charge is 0.474 e. The summed E-state index contributed by atoms with van der Waals surface area (Å²) in [5, 5.41) is 0. The van der Waals surface area contributed by atoms with Gasteiger partial charge >= 0.3 is 0 Å². The van der Waals surface area contributed by atoms with Gasteiger partial charge in [0, 0.05) is 0 Å². The van der Waals surface area contributed by atoms with E-state index >= 15 is 0 Å². The maximum Gasteiger partial charge on any atom is 0.153 e. The van der Waals surface area contributed by atoms with Crippen LogP contribution in [0, 0.1) is 0 Å². The molecule has 1 unspecified atom stereocenters. The van der Waals surface area contributed by atoms with Gasteiger partial charge in [-0.05, 0) is 38.1 Å². The maximum atomic E-state index is 11.2. The number of benzene rings is 1. The lowest BCUT2D eigenvalue weighted by Gasteiger charge is -2.28. The van der Waals surface area contributed by atoms with E-state index in [-0.39, 0.29) is 6.23 Å². The van der Waals surface area contributed by atoms with Gasteiger partial charge in [0.25, 0.3) is 0 Å². The number of nitrogens with zero attached hydrogens (tertiary/aromatic N) is 1. The van der Waals surface area contributed by atoms with Gasteiger partial charge in [0.1, 0.15) is 12.0 Å². The van der Waals surface area contributed by atoms with Crippen LogP contribution in [-0.2, 0) is 6.42 Å². The summed E-state index contributed by atoms with van der Waals surface area (Å²) >= 11 is 0. The summed E-state index contributed by atoms with van der Waals surface area (Å²) in [4.78, 5) is 13.3. The molecule has 0 saturated carbocycles. The highest BCUT2D eigenvalue weighted by molar-refractivity contribution is 5.80. The zero-order valence-electron chi connectivity index (χ0n) is 12.1. The Morgan fingerprint density at radius 2 is 2.05 bits per heavy atom. The van der Waals surface area contributed by atoms with Crippen molar-refractivity contribution in [1.82, 2.24) is 4.90 Å². The number of carbonyl (C=O) groups is 1. The average molecular weight is 261 g/mol. The fourth-order valence-corrected chi connectivity index (χ4v) is 2.14. The number of aldehydes is 1. The fourth-order valence-electron chi connectivity index (χ4n) is 2.14. The summed E-state index contributed by atoms with van der Waals surface area (Å²) in [6, 6.07) is 5.63. The number of para-hydroxylation sites is 1. The predicted octanol–water partition coefficient (Wildman–Crippen LogP) is 3.29. The van der Waals surface area contributed by atoms with E-state index in [2.05, 4.69) is 25.3 Å². The van der Waals surface area contributed by atoms with Crippen LogP contribution in [0.15, 0.2) is 30.9 Å². The Hall–Kier alpha value is -1.61. The first kappa shape index (κ1) is 15.4. The molecule has 0 heterocycles. The molecule has 0 N–H and O–H groups in total. The third kappa shape index (κ3) is 3.93. The van der Waals surface area contributed by atoms with E-state index in [4.69, 9.17) is 4.74 Å². The van der Waals surface area contributed by atoms with Crippen molar-refractivity contribution in [3.8, 4) is 5.75 Å². The second kappa shape index (κ2) is 7.74. The van der Waals surface area contributed by atoms with Gasteiger partial charge < -0.3 is 4.74 Å². The predicted molar refractivity (Wildman–Crippen MR) is 78.7 cm³/mol. The lowest BCUT2D eigenvalue weighted by atomic mass is 10.1. The quantitative estimate of drug-likeness (QED) is 0.408. The Morgan fingerprint density at radius 1 is 1.37 bits per heavy atom. The number of rotatable bonds is 8. The van der Waals surface area contributed by atoms with Crippen LogP contribution in [-0.4, -0.2) is 30.5 Å². The molecule has 0 aliphatic heterocycles. The van der Waals surface area contributed by atoms with Crippen LogP contribution in [0.5, 0.6) is 5.75 Å². The SMILES string of the molecule is C=CCc1cccc(C=O)c1OC(C)N(CC)CC. The Bertz CT molecular complexity index is 425. The molecule has 1 aromatic rings. The second-order valence-corrected chi connectivity index (χ2v) is 4.38. The molecular weight excluding hydrogens is 238 g/mol. The maximum absolute atomic E-state index is 11.2. The Balaban J connectivity index is 3.03. The van der Waals surface area contributed by atoms with Crippen LogP contribution in [0.4, 0.5) is 0 Å². The first-order chi connectivity index (χ1) is 9.17. The monoisotopic (exact) mass is 261 g/mol. The summed E-state index contributed by atoms with van der Waals surface area (Å²) < 4.78 is 6.01. The van der Waals surface area contributed by atoms with Crippen molar-refractivity contribution in [1.29, 1.82) is 0 Å². The zero-order chi connectivity index (χ0) is 14.3. The molecule has 1 atom stereocenters. The standard InChI is InChI=1S/C16H23NO2/c1-5-9-14-10-8-11-15(12-18)16(14)19-13(4)17(6-2)7-3/h5,8,10-13H,1,6-7,9H2,2-4H3. The van der Waals surface area contributed by atoms with Crippen molar-refractivity contribution in [2.24, 2.45) is 0 Å². The molecule has 0 aliphatic rings. The molecule has 3 heteroatoms. The van der Waals surface area contributed by atoms with Gasteiger partial charge in [-0.2, -0.15) is 0 Å². The summed E-state index contributed by atoms with van der Waals surface area (Å²) in [6.07, 6.45) is 3.30. The van der Waals surface area contributed by atoms with E-state index in [1.54, 1.807) is 6.07 Å². The molecule has 0 saturated heterocycles. The van der Waals surface area contributed by atoms with E-state index in [9.17, 15) is 4.79 Å². The van der Waals surface area contributed by atoms with Crippen LogP contribution >= 0.6 is 0 Å². The first-order valence-electron chi connectivity index (χ1n) is 6.76.